The van der Waals surface area contributed by atoms with Crippen molar-refractivity contribution < 1.29 is 9.32 Å². The summed E-state index contributed by atoms with van der Waals surface area (Å²) in [6.45, 7) is 2.69. The second kappa shape index (κ2) is 6.83. The minimum absolute atomic E-state index is 0.0179. The molecule has 0 aliphatic carbocycles. The van der Waals surface area contributed by atoms with E-state index in [0.29, 0.717) is 12.5 Å². The molecule has 2 atom stereocenters. The van der Waals surface area contributed by atoms with Gasteiger partial charge in [-0.1, -0.05) is 35.5 Å². The summed E-state index contributed by atoms with van der Waals surface area (Å²) in [5.41, 5.74) is 6.41. The Morgan fingerprint density at radius 3 is 2.78 bits per heavy atom. The van der Waals surface area contributed by atoms with Crippen LogP contribution in [0.3, 0.4) is 0 Å². The lowest BCUT2D eigenvalue weighted by Gasteiger charge is -2.38. The van der Waals surface area contributed by atoms with Crippen LogP contribution in [-0.2, 0) is 4.79 Å². The number of nitrogens with zero attached hydrogens (tertiary/aromatic N) is 2. The summed E-state index contributed by atoms with van der Waals surface area (Å²) in [4.78, 5) is 12.4. The van der Waals surface area contributed by atoms with E-state index in [9.17, 15) is 4.79 Å². The highest BCUT2D eigenvalue weighted by atomic mass is 16.5. The third-order valence-corrected chi connectivity index (χ3v) is 5.71. The van der Waals surface area contributed by atoms with Crippen LogP contribution in [0.15, 0.2) is 52.7 Å². The summed E-state index contributed by atoms with van der Waals surface area (Å²) in [5.74, 6) is 1.19. The van der Waals surface area contributed by atoms with E-state index in [4.69, 9.17) is 4.52 Å². The van der Waals surface area contributed by atoms with Crippen molar-refractivity contribution in [2.24, 2.45) is 5.92 Å². The molecule has 5 rings (SSSR count). The molecular weight excluding hydrogens is 342 g/mol. The van der Waals surface area contributed by atoms with Crippen LogP contribution in [0, 0.1) is 5.92 Å². The lowest BCUT2D eigenvalue weighted by atomic mass is 9.92. The summed E-state index contributed by atoms with van der Waals surface area (Å²) in [7, 11) is 0. The van der Waals surface area contributed by atoms with Crippen LogP contribution >= 0.6 is 0 Å². The van der Waals surface area contributed by atoms with Gasteiger partial charge in [0.25, 0.3) is 0 Å². The van der Waals surface area contributed by atoms with Gasteiger partial charge in [0.1, 0.15) is 17.6 Å². The quantitative estimate of drug-likeness (QED) is 0.766. The van der Waals surface area contributed by atoms with Crippen molar-refractivity contribution in [3.8, 4) is 11.3 Å². The number of hydrogen-bond donors (Lipinski definition) is 3. The summed E-state index contributed by atoms with van der Waals surface area (Å²) >= 11 is 0. The highest BCUT2D eigenvalue weighted by Crippen LogP contribution is 2.36. The number of benzene rings is 1. The van der Waals surface area contributed by atoms with Crippen molar-refractivity contribution in [1.29, 1.82) is 0 Å². The molecular formula is C20H23N5O2. The zero-order valence-electron chi connectivity index (χ0n) is 15.0. The number of aromatic nitrogens is 1. The molecule has 0 bridgehead atoms. The molecule has 7 nitrogen and oxygen atoms in total. The standard InChI is InChI=1S/C20H23N5O2/c26-19-11-17(14-6-8-21-9-7-14)25-20(23-19)15(12-22-25)18-10-16(24-27-18)13-4-2-1-3-5-13/h1-5,10-11,14-15,20-22H,6-9,12H2,(H,23,26). The number of nitrogens with one attached hydrogen (secondary N) is 3. The number of fused-ring (bicyclic) bond motifs is 1. The van der Waals surface area contributed by atoms with Gasteiger partial charge in [0.2, 0.25) is 5.91 Å². The number of hydrogen-bond acceptors (Lipinski definition) is 6. The first-order valence-corrected chi connectivity index (χ1v) is 9.57. The van der Waals surface area contributed by atoms with Crippen LogP contribution < -0.4 is 16.1 Å². The van der Waals surface area contributed by atoms with Gasteiger partial charge >= 0.3 is 0 Å². The SMILES string of the molecule is O=C1C=C(C2CCNCC2)N2NCC(c3cc(-c4ccccc4)no3)C2N1. The van der Waals surface area contributed by atoms with E-state index in [1.165, 1.54) is 0 Å². The third-order valence-electron chi connectivity index (χ3n) is 5.71. The van der Waals surface area contributed by atoms with Crippen molar-refractivity contribution in [3.05, 3.63) is 53.9 Å². The van der Waals surface area contributed by atoms with Crippen molar-refractivity contribution in [2.75, 3.05) is 19.6 Å². The summed E-state index contributed by atoms with van der Waals surface area (Å²) in [5, 5.41) is 12.8. The molecule has 1 aromatic heterocycles. The van der Waals surface area contributed by atoms with Gasteiger partial charge in [-0.3, -0.25) is 9.80 Å². The zero-order valence-corrected chi connectivity index (χ0v) is 15.0. The third kappa shape index (κ3) is 3.02. The maximum absolute atomic E-state index is 12.4. The fourth-order valence-electron chi connectivity index (χ4n) is 4.29. The van der Waals surface area contributed by atoms with Gasteiger partial charge in [-0.05, 0) is 25.9 Å². The Hall–Kier alpha value is -2.64. The first kappa shape index (κ1) is 16.5. The predicted octanol–water partition coefficient (Wildman–Crippen LogP) is 1.58. The molecule has 7 heteroatoms. The molecule has 3 N–H and O–H groups in total. The van der Waals surface area contributed by atoms with Gasteiger partial charge < -0.3 is 15.2 Å². The number of carbonyl (C=O) groups excluding carboxylic acids is 1. The zero-order chi connectivity index (χ0) is 18.2. The highest BCUT2D eigenvalue weighted by Gasteiger charge is 2.43. The van der Waals surface area contributed by atoms with E-state index < -0.39 is 0 Å². The maximum Gasteiger partial charge on any atom is 0.247 e. The van der Waals surface area contributed by atoms with Gasteiger partial charge in [0.05, 0.1) is 5.92 Å². The van der Waals surface area contributed by atoms with Gasteiger partial charge in [0, 0.05) is 35.9 Å². The fraction of sp³-hybridized carbons (Fsp3) is 0.400. The lowest BCUT2D eigenvalue weighted by molar-refractivity contribution is -0.119. The summed E-state index contributed by atoms with van der Waals surface area (Å²) < 4.78 is 5.67. The van der Waals surface area contributed by atoms with Gasteiger partial charge in [-0.25, -0.2) is 5.43 Å². The molecule has 0 saturated carbocycles. The topological polar surface area (TPSA) is 82.4 Å². The van der Waals surface area contributed by atoms with Crippen LogP contribution in [0.4, 0.5) is 0 Å². The Morgan fingerprint density at radius 1 is 1.15 bits per heavy atom. The molecule has 0 spiro atoms. The number of hydrazine groups is 1. The van der Waals surface area contributed by atoms with E-state index in [-0.39, 0.29) is 18.0 Å². The molecule has 1 amide bonds. The molecule has 0 radical (unpaired) electrons. The normalized spacial score (nSPS) is 25.9. The van der Waals surface area contributed by atoms with Gasteiger partial charge in [0.15, 0.2) is 0 Å². The number of piperidine rings is 1. The van der Waals surface area contributed by atoms with Crippen molar-refractivity contribution in [2.45, 2.75) is 24.9 Å². The first-order chi connectivity index (χ1) is 13.3. The van der Waals surface area contributed by atoms with Crippen LogP contribution in [0.25, 0.3) is 11.3 Å². The first-order valence-electron chi connectivity index (χ1n) is 9.57. The predicted molar refractivity (Wildman–Crippen MR) is 100 cm³/mol. The Balaban J connectivity index is 1.40. The average Bonchev–Trinajstić information content (AvgIpc) is 3.35. The minimum Gasteiger partial charge on any atom is -0.360 e. The Labute approximate surface area is 157 Å². The van der Waals surface area contributed by atoms with Crippen molar-refractivity contribution >= 4 is 5.91 Å². The molecule has 140 valence electrons. The van der Waals surface area contributed by atoms with E-state index in [2.05, 4.69) is 26.2 Å². The molecule has 4 heterocycles. The number of rotatable bonds is 3. The monoisotopic (exact) mass is 365 g/mol. The van der Waals surface area contributed by atoms with Crippen LogP contribution in [0.2, 0.25) is 0 Å². The average molecular weight is 365 g/mol. The summed E-state index contributed by atoms with van der Waals surface area (Å²) in [6.07, 6.45) is 3.70. The maximum atomic E-state index is 12.4. The molecule has 3 aliphatic heterocycles. The van der Waals surface area contributed by atoms with E-state index >= 15 is 0 Å². The van der Waals surface area contributed by atoms with E-state index in [1.807, 2.05) is 36.4 Å². The van der Waals surface area contributed by atoms with Crippen LogP contribution in [0.5, 0.6) is 0 Å². The van der Waals surface area contributed by atoms with Crippen molar-refractivity contribution in [3.63, 3.8) is 0 Å². The molecule has 3 aliphatic rings. The second-order valence-corrected chi connectivity index (χ2v) is 7.37. The number of carbonyl (C=O) groups is 1. The molecule has 2 unspecified atom stereocenters. The molecule has 1 aromatic carbocycles. The van der Waals surface area contributed by atoms with E-state index in [1.54, 1.807) is 6.08 Å². The number of amides is 1. The molecule has 2 aromatic rings. The summed E-state index contributed by atoms with van der Waals surface area (Å²) in [6, 6.07) is 12.0. The largest absolute Gasteiger partial charge is 0.360 e. The van der Waals surface area contributed by atoms with Crippen molar-refractivity contribution in [1.82, 2.24) is 26.2 Å². The Bertz CT molecular complexity index is 856. The van der Waals surface area contributed by atoms with Gasteiger partial charge in [-0.2, -0.15) is 0 Å². The van der Waals surface area contributed by atoms with Crippen LogP contribution in [0.1, 0.15) is 24.5 Å². The second-order valence-electron chi connectivity index (χ2n) is 7.37. The van der Waals surface area contributed by atoms with E-state index in [0.717, 1.165) is 48.6 Å². The smallest absolute Gasteiger partial charge is 0.247 e. The van der Waals surface area contributed by atoms with Gasteiger partial charge in [-0.15, -0.1) is 0 Å². The molecule has 27 heavy (non-hydrogen) atoms. The Morgan fingerprint density at radius 2 is 1.96 bits per heavy atom. The number of allylic oxidation sites excluding steroid dienone is 1. The molecule has 2 fully saturated rings. The van der Waals surface area contributed by atoms with Crippen LogP contribution in [-0.4, -0.2) is 41.9 Å². The highest BCUT2D eigenvalue weighted by molar-refractivity contribution is 5.89. The lowest BCUT2D eigenvalue weighted by Crippen LogP contribution is -2.53. The minimum atomic E-state index is -0.149. The molecule has 2 saturated heterocycles. The Kier molecular flexibility index (Phi) is 4.18. The fourth-order valence-corrected chi connectivity index (χ4v) is 4.29.